The third kappa shape index (κ3) is 2.91. The van der Waals surface area contributed by atoms with Crippen LogP contribution in [0.3, 0.4) is 0 Å². The Labute approximate surface area is 127 Å². The van der Waals surface area contributed by atoms with Gasteiger partial charge in [-0.3, -0.25) is 0 Å². The molecular formula is C14H10BrF2I. The van der Waals surface area contributed by atoms with Gasteiger partial charge in [-0.05, 0) is 58.8 Å². The van der Waals surface area contributed by atoms with Gasteiger partial charge in [-0.15, -0.1) is 0 Å². The van der Waals surface area contributed by atoms with E-state index in [-0.39, 0.29) is 4.83 Å². The summed E-state index contributed by atoms with van der Waals surface area (Å²) >= 11 is 5.68. The summed E-state index contributed by atoms with van der Waals surface area (Å²) in [6, 6.07) is 10.3. The molecule has 0 radical (unpaired) electrons. The summed E-state index contributed by atoms with van der Waals surface area (Å²) in [4.78, 5) is -0.272. The molecule has 0 bridgehead atoms. The molecule has 0 aromatic heterocycles. The number of halogens is 4. The van der Waals surface area contributed by atoms with Crippen molar-refractivity contribution in [3.8, 4) is 0 Å². The summed E-state index contributed by atoms with van der Waals surface area (Å²) in [6.45, 7) is 1.63. The van der Waals surface area contributed by atoms with Gasteiger partial charge in [0.2, 0.25) is 0 Å². The number of alkyl halides is 1. The molecule has 2 aromatic carbocycles. The number of benzene rings is 2. The van der Waals surface area contributed by atoms with Crippen molar-refractivity contribution in [1.29, 1.82) is 0 Å². The second-order valence-corrected chi connectivity index (χ2v) is 6.20. The Morgan fingerprint density at radius 3 is 2.50 bits per heavy atom. The van der Waals surface area contributed by atoms with Crippen LogP contribution in [0.25, 0.3) is 0 Å². The lowest BCUT2D eigenvalue weighted by molar-refractivity contribution is 0.569. The highest BCUT2D eigenvalue weighted by Gasteiger charge is 2.17. The van der Waals surface area contributed by atoms with Crippen molar-refractivity contribution in [1.82, 2.24) is 0 Å². The molecule has 0 amide bonds. The zero-order valence-electron chi connectivity index (χ0n) is 9.55. The zero-order chi connectivity index (χ0) is 13.3. The summed E-state index contributed by atoms with van der Waals surface area (Å²) in [7, 11) is 0. The fourth-order valence-electron chi connectivity index (χ4n) is 1.72. The molecule has 4 heteroatoms. The number of rotatable bonds is 2. The predicted molar refractivity (Wildman–Crippen MR) is 81.0 cm³/mol. The van der Waals surface area contributed by atoms with E-state index in [2.05, 4.69) is 38.5 Å². The van der Waals surface area contributed by atoms with Gasteiger partial charge in [-0.25, -0.2) is 8.78 Å². The molecule has 0 aliphatic rings. The van der Waals surface area contributed by atoms with Crippen molar-refractivity contribution in [2.75, 3.05) is 0 Å². The fourth-order valence-corrected chi connectivity index (χ4v) is 2.92. The highest BCUT2D eigenvalue weighted by Crippen LogP contribution is 2.34. The van der Waals surface area contributed by atoms with Gasteiger partial charge in [0, 0.05) is 15.2 Å². The summed E-state index contributed by atoms with van der Waals surface area (Å²) < 4.78 is 28.1. The molecule has 0 nitrogen and oxygen atoms in total. The van der Waals surface area contributed by atoms with Crippen LogP contribution in [0.5, 0.6) is 0 Å². The molecule has 0 saturated heterocycles. The van der Waals surface area contributed by atoms with Crippen molar-refractivity contribution in [2.24, 2.45) is 0 Å². The van der Waals surface area contributed by atoms with Crippen molar-refractivity contribution in [3.63, 3.8) is 0 Å². The summed E-state index contributed by atoms with van der Waals surface area (Å²) in [6.07, 6.45) is 0. The van der Waals surface area contributed by atoms with Gasteiger partial charge in [0.1, 0.15) is 11.6 Å². The highest BCUT2D eigenvalue weighted by molar-refractivity contribution is 14.1. The topological polar surface area (TPSA) is 0 Å². The van der Waals surface area contributed by atoms with Gasteiger partial charge in [-0.1, -0.05) is 28.1 Å². The summed E-state index contributed by atoms with van der Waals surface area (Å²) in [5.74, 6) is -1.04. The van der Waals surface area contributed by atoms with E-state index in [1.165, 1.54) is 0 Å². The maximum Gasteiger partial charge on any atom is 0.130 e. The second kappa shape index (κ2) is 5.65. The van der Waals surface area contributed by atoms with E-state index in [0.29, 0.717) is 11.1 Å². The van der Waals surface area contributed by atoms with Crippen LogP contribution in [0.4, 0.5) is 8.78 Å². The first-order valence-electron chi connectivity index (χ1n) is 5.34. The predicted octanol–water partition coefficient (Wildman–Crippen LogP) is 5.36. The third-order valence-electron chi connectivity index (χ3n) is 2.69. The Hall–Kier alpha value is -0.490. The Balaban J connectivity index is 2.46. The highest BCUT2D eigenvalue weighted by atomic mass is 127. The number of hydrogen-bond donors (Lipinski definition) is 0. The first-order valence-corrected chi connectivity index (χ1v) is 7.33. The van der Waals surface area contributed by atoms with E-state index in [1.807, 2.05) is 24.3 Å². The van der Waals surface area contributed by atoms with Crippen molar-refractivity contribution in [2.45, 2.75) is 11.8 Å². The van der Waals surface area contributed by atoms with Gasteiger partial charge < -0.3 is 0 Å². The SMILES string of the molecule is Cc1cc(C(Br)c2cccc(I)c2)c(F)cc1F. The molecule has 1 unspecified atom stereocenters. The van der Waals surface area contributed by atoms with Crippen LogP contribution in [-0.4, -0.2) is 0 Å². The molecular weight excluding hydrogens is 413 g/mol. The molecule has 0 fully saturated rings. The zero-order valence-corrected chi connectivity index (χ0v) is 13.3. The largest absolute Gasteiger partial charge is 0.207 e. The molecule has 18 heavy (non-hydrogen) atoms. The van der Waals surface area contributed by atoms with E-state index < -0.39 is 11.6 Å². The average molecular weight is 423 g/mol. The molecule has 0 N–H and O–H groups in total. The van der Waals surface area contributed by atoms with Gasteiger partial charge in [0.25, 0.3) is 0 Å². The Bertz CT molecular complexity index is 584. The molecule has 0 spiro atoms. The molecule has 2 rings (SSSR count). The van der Waals surface area contributed by atoms with Crippen LogP contribution >= 0.6 is 38.5 Å². The van der Waals surface area contributed by atoms with Crippen molar-refractivity contribution in [3.05, 3.63) is 68.3 Å². The lowest BCUT2D eigenvalue weighted by Gasteiger charge is -2.13. The van der Waals surface area contributed by atoms with Crippen LogP contribution in [0.15, 0.2) is 36.4 Å². The first-order chi connectivity index (χ1) is 8.49. The van der Waals surface area contributed by atoms with Crippen molar-refractivity contribution >= 4 is 38.5 Å². The molecule has 94 valence electrons. The van der Waals surface area contributed by atoms with E-state index in [9.17, 15) is 8.78 Å². The minimum absolute atomic E-state index is 0.272. The van der Waals surface area contributed by atoms with Crippen LogP contribution in [-0.2, 0) is 0 Å². The third-order valence-corrected chi connectivity index (χ3v) is 4.39. The summed E-state index contributed by atoms with van der Waals surface area (Å²) in [5.41, 5.74) is 1.85. The lowest BCUT2D eigenvalue weighted by atomic mass is 10.0. The van der Waals surface area contributed by atoms with Gasteiger partial charge in [-0.2, -0.15) is 0 Å². The van der Waals surface area contributed by atoms with Crippen LogP contribution in [0.1, 0.15) is 21.5 Å². The van der Waals surface area contributed by atoms with Crippen LogP contribution in [0, 0.1) is 22.1 Å². The molecule has 0 aliphatic carbocycles. The maximum atomic E-state index is 13.8. The van der Waals surface area contributed by atoms with E-state index in [1.54, 1.807) is 13.0 Å². The lowest BCUT2D eigenvalue weighted by Crippen LogP contribution is -1.99. The van der Waals surface area contributed by atoms with Gasteiger partial charge in [0.05, 0.1) is 4.83 Å². The smallest absolute Gasteiger partial charge is 0.130 e. The van der Waals surface area contributed by atoms with Crippen molar-refractivity contribution < 1.29 is 8.78 Å². The Kier molecular flexibility index (Phi) is 4.37. The quantitative estimate of drug-likeness (QED) is 0.451. The first kappa shape index (κ1) is 13.9. The van der Waals surface area contributed by atoms with E-state index in [4.69, 9.17) is 0 Å². The minimum atomic E-state index is -0.529. The average Bonchev–Trinajstić information content (AvgIpc) is 2.33. The minimum Gasteiger partial charge on any atom is -0.207 e. The number of aryl methyl sites for hydroxylation is 1. The molecule has 2 aromatic rings. The van der Waals surface area contributed by atoms with Crippen LogP contribution < -0.4 is 0 Å². The van der Waals surface area contributed by atoms with Gasteiger partial charge in [0.15, 0.2) is 0 Å². The molecule has 0 heterocycles. The monoisotopic (exact) mass is 422 g/mol. The summed E-state index contributed by atoms with van der Waals surface area (Å²) in [5, 5.41) is 0. The Morgan fingerprint density at radius 1 is 1.11 bits per heavy atom. The second-order valence-electron chi connectivity index (χ2n) is 4.04. The molecule has 0 saturated carbocycles. The van der Waals surface area contributed by atoms with Gasteiger partial charge >= 0.3 is 0 Å². The standard InChI is InChI=1S/C14H10BrF2I/c1-8-5-11(13(17)7-12(8)16)14(15)9-3-2-4-10(18)6-9/h2-7,14H,1H3. The van der Waals surface area contributed by atoms with Crippen LogP contribution in [0.2, 0.25) is 0 Å². The Morgan fingerprint density at radius 2 is 1.83 bits per heavy atom. The van der Waals surface area contributed by atoms with E-state index >= 15 is 0 Å². The number of hydrogen-bond acceptors (Lipinski definition) is 0. The van der Waals surface area contributed by atoms with E-state index in [0.717, 1.165) is 15.2 Å². The molecule has 0 aliphatic heterocycles. The fraction of sp³-hybridized carbons (Fsp3) is 0.143. The maximum absolute atomic E-state index is 13.8. The molecule has 1 atom stereocenters. The normalized spacial score (nSPS) is 12.5.